The lowest BCUT2D eigenvalue weighted by molar-refractivity contribution is -0.385. The smallest absolute Gasteiger partial charge is 0.273 e. The molecule has 168 valence electrons. The Kier molecular flexibility index (Phi) is 6.22. The Bertz CT molecular complexity index is 1050. The first-order valence-electron chi connectivity index (χ1n) is 10.4. The van der Waals surface area contributed by atoms with Crippen molar-refractivity contribution in [1.82, 2.24) is 15.1 Å². The summed E-state index contributed by atoms with van der Waals surface area (Å²) < 4.78 is 10.5. The van der Waals surface area contributed by atoms with Gasteiger partial charge in [-0.05, 0) is 31.2 Å². The van der Waals surface area contributed by atoms with Crippen LogP contribution in [-0.2, 0) is 0 Å². The second kappa shape index (κ2) is 9.23. The molecule has 0 radical (unpaired) electrons. The number of aryl methyl sites for hydroxylation is 1. The molecule has 10 nitrogen and oxygen atoms in total. The average Bonchev–Trinajstić information content (AvgIpc) is 3.27. The molecule has 2 aliphatic heterocycles. The maximum absolute atomic E-state index is 12.7. The number of hydrogen-bond acceptors (Lipinski definition) is 7. The molecule has 2 aromatic carbocycles. The largest absolute Gasteiger partial charge is 0.454 e. The fourth-order valence-corrected chi connectivity index (χ4v) is 3.76. The number of fused-ring (bicyclic) bond motifs is 1. The number of rotatable bonds is 6. The Morgan fingerprint density at radius 2 is 1.75 bits per heavy atom. The van der Waals surface area contributed by atoms with Gasteiger partial charge in [0.25, 0.3) is 17.5 Å². The van der Waals surface area contributed by atoms with Crippen LogP contribution in [0.4, 0.5) is 5.69 Å². The van der Waals surface area contributed by atoms with Gasteiger partial charge in [0.15, 0.2) is 11.5 Å². The topological polar surface area (TPSA) is 114 Å². The van der Waals surface area contributed by atoms with Crippen LogP contribution in [-0.4, -0.2) is 72.6 Å². The van der Waals surface area contributed by atoms with Crippen molar-refractivity contribution in [2.75, 3.05) is 46.1 Å². The highest BCUT2D eigenvalue weighted by molar-refractivity contribution is 5.95. The maximum Gasteiger partial charge on any atom is 0.273 e. The Hall–Kier alpha value is -3.66. The molecule has 1 N–H and O–H groups in total. The van der Waals surface area contributed by atoms with Crippen molar-refractivity contribution in [1.29, 1.82) is 0 Å². The highest BCUT2D eigenvalue weighted by atomic mass is 16.7. The molecule has 2 aliphatic rings. The van der Waals surface area contributed by atoms with Crippen LogP contribution in [0.1, 0.15) is 26.3 Å². The van der Waals surface area contributed by atoms with E-state index < -0.39 is 4.92 Å². The van der Waals surface area contributed by atoms with Crippen LogP contribution in [0.15, 0.2) is 36.4 Å². The number of nitro benzene ring substituents is 1. The molecule has 0 saturated carbocycles. The van der Waals surface area contributed by atoms with Gasteiger partial charge in [0.05, 0.1) is 4.92 Å². The zero-order valence-corrected chi connectivity index (χ0v) is 17.7. The molecular weight excluding hydrogens is 416 g/mol. The summed E-state index contributed by atoms with van der Waals surface area (Å²) in [6.45, 7) is 5.33. The summed E-state index contributed by atoms with van der Waals surface area (Å²) in [5.74, 6) is 0.813. The number of nitro groups is 1. The third-order valence-corrected chi connectivity index (χ3v) is 5.66. The first-order valence-corrected chi connectivity index (χ1v) is 10.4. The van der Waals surface area contributed by atoms with Gasteiger partial charge in [0.1, 0.15) is 0 Å². The van der Waals surface area contributed by atoms with Gasteiger partial charge in [-0.2, -0.15) is 0 Å². The molecule has 1 fully saturated rings. The summed E-state index contributed by atoms with van der Waals surface area (Å²) >= 11 is 0. The lowest BCUT2D eigenvalue weighted by Gasteiger charge is -2.34. The summed E-state index contributed by atoms with van der Waals surface area (Å²) in [7, 11) is 0. The van der Waals surface area contributed by atoms with Crippen LogP contribution in [0.25, 0.3) is 0 Å². The van der Waals surface area contributed by atoms with Crippen molar-refractivity contribution in [2.45, 2.75) is 6.92 Å². The van der Waals surface area contributed by atoms with E-state index in [9.17, 15) is 19.7 Å². The summed E-state index contributed by atoms with van der Waals surface area (Å²) in [6.07, 6.45) is 0. The van der Waals surface area contributed by atoms with E-state index in [0.29, 0.717) is 67.5 Å². The van der Waals surface area contributed by atoms with Crippen molar-refractivity contribution < 1.29 is 24.0 Å². The van der Waals surface area contributed by atoms with Gasteiger partial charge in [0.2, 0.25) is 6.79 Å². The molecule has 1 saturated heterocycles. The summed E-state index contributed by atoms with van der Waals surface area (Å²) in [4.78, 5) is 39.6. The van der Waals surface area contributed by atoms with Crippen LogP contribution in [0, 0.1) is 17.0 Å². The number of benzene rings is 2. The van der Waals surface area contributed by atoms with E-state index in [2.05, 4.69) is 10.2 Å². The first-order chi connectivity index (χ1) is 15.4. The minimum Gasteiger partial charge on any atom is -0.454 e. The predicted octanol–water partition coefficient (Wildman–Crippen LogP) is 1.82. The molecule has 0 unspecified atom stereocenters. The van der Waals surface area contributed by atoms with Crippen molar-refractivity contribution >= 4 is 17.5 Å². The fourth-order valence-electron chi connectivity index (χ4n) is 3.76. The predicted molar refractivity (Wildman–Crippen MR) is 115 cm³/mol. The van der Waals surface area contributed by atoms with Gasteiger partial charge >= 0.3 is 0 Å². The summed E-state index contributed by atoms with van der Waals surface area (Å²) in [5.41, 5.74) is 1.32. The molecule has 0 bridgehead atoms. The Labute approximate surface area is 184 Å². The first kappa shape index (κ1) is 21.6. The second-order valence-corrected chi connectivity index (χ2v) is 7.72. The van der Waals surface area contributed by atoms with E-state index >= 15 is 0 Å². The van der Waals surface area contributed by atoms with Gasteiger partial charge < -0.3 is 19.7 Å². The van der Waals surface area contributed by atoms with Crippen LogP contribution in [0.3, 0.4) is 0 Å². The minimum atomic E-state index is -0.470. The zero-order valence-electron chi connectivity index (χ0n) is 17.7. The number of nitrogens with zero attached hydrogens (tertiary/aromatic N) is 3. The fraction of sp³-hybridized carbons (Fsp3) is 0.364. The monoisotopic (exact) mass is 440 g/mol. The second-order valence-electron chi connectivity index (χ2n) is 7.72. The molecule has 2 aromatic rings. The molecular formula is C22H24N4O6. The normalized spacial score (nSPS) is 15.5. The Morgan fingerprint density at radius 3 is 2.50 bits per heavy atom. The lowest BCUT2D eigenvalue weighted by atomic mass is 10.1. The third-order valence-electron chi connectivity index (χ3n) is 5.66. The molecule has 0 spiro atoms. The number of nitrogens with one attached hydrogen (secondary N) is 1. The van der Waals surface area contributed by atoms with E-state index in [1.54, 1.807) is 42.2 Å². The van der Waals surface area contributed by atoms with Crippen LogP contribution < -0.4 is 14.8 Å². The Morgan fingerprint density at radius 1 is 1.03 bits per heavy atom. The van der Waals surface area contributed by atoms with E-state index in [0.717, 1.165) is 0 Å². The molecule has 4 rings (SSSR count). The molecule has 2 heterocycles. The average molecular weight is 440 g/mol. The highest BCUT2D eigenvalue weighted by Crippen LogP contribution is 2.32. The molecule has 32 heavy (non-hydrogen) atoms. The molecule has 0 aliphatic carbocycles. The van der Waals surface area contributed by atoms with E-state index in [-0.39, 0.29) is 24.3 Å². The maximum atomic E-state index is 12.7. The summed E-state index contributed by atoms with van der Waals surface area (Å²) in [5, 5.41) is 14.0. The Balaban J connectivity index is 1.24. The third kappa shape index (κ3) is 4.65. The molecule has 2 amide bonds. The SMILES string of the molecule is Cc1ccc(C(=O)N2CCN(CCNC(=O)c3ccc4c(c3)OCO4)CC2)cc1[N+](=O)[O-]. The van der Waals surface area contributed by atoms with Gasteiger partial charge in [-0.3, -0.25) is 24.6 Å². The van der Waals surface area contributed by atoms with E-state index in [1.165, 1.54) is 6.07 Å². The zero-order chi connectivity index (χ0) is 22.7. The van der Waals surface area contributed by atoms with Gasteiger partial charge in [0, 0.05) is 62.0 Å². The molecule has 0 aromatic heterocycles. The van der Waals surface area contributed by atoms with Gasteiger partial charge in [-0.15, -0.1) is 0 Å². The lowest BCUT2D eigenvalue weighted by Crippen LogP contribution is -2.50. The quantitative estimate of drug-likeness (QED) is 0.538. The number of hydrogen-bond donors (Lipinski definition) is 1. The molecule has 10 heteroatoms. The van der Waals surface area contributed by atoms with Gasteiger partial charge in [-0.1, -0.05) is 6.07 Å². The highest BCUT2D eigenvalue weighted by Gasteiger charge is 2.24. The van der Waals surface area contributed by atoms with Crippen molar-refractivity contribution in [3.63, 3.8) is 0 Å². The van der Waals surface area contributed by atoms with E-state index in [1.807, 2.05) is 0 Å². The van der Waals surface area contributed by atoms with Crippen molar-refractivity contribution in [3.8, 4) is 11.5 Å². The summed E-state index contributed by atoms with van der Waals surface area (Å²) in [6, 6.07) is 9.65. The number of carbonyl (C=O) groups is 2. The van der Waals surface area contributed by atoms with Crippen LogP contribution >= 0.6 is 0 Å². The minimum absolute atomic E-state index is 0.0484. The van der Waals surface area contributed by atoms with Crippen molar-refractivity contribution in [2.24, 2.45) is 0 Å². The molecule has 0 atom stereocenters. The number of ether oxygens (including phenoxy) is 2. The van der Waals surface area contributed by atoms with Crippen molar-refractivity contribution in [3.05, 3.63) is 63.2 Å². The van der Waals surface area contributed by atoms with Crippen LogP contribution in [0.5, 0.6) is 11.5 Å². The van der Waals surface area contributed by atoms with Crippen LogP contribution in [0.2, 0.25) is 0 Å². The van der Waals surface area contributed by atoms with Gasteiger partial charge in [-0.25, -0.2) is 0 Å². The standard InChI is InChI=1S/C22H24N4O6/c1-15-2-3-17(12-18(15)26(29)30)22(28)25-10-8-24(9-11-25)7-6-23-21(27)16-4-5-19-20(13-16)32-14-31-19/h2-5,12-13H,6-11,14H2,1H3,(H,23,27). The number of amides is 2. The number of piperazine rings is 1. The number of carbonyl (C=O) groups excluding carboxylic acids is 2. The van der Waals surface area contributed by atoms with E-state index in [4.69, 9.17) is 9.47 Å².